The van der Waals surface area contributed by atoms with Gasteiger partial charge >= 0.3 is 6.09 Å². The third kappa shape index (κ3) is 3.34. The first kappa shape index (κ1) is 18.4. The monoisotopic (exact) mass is 440 g/mol. The van der Waals surface area contributed by atoms with Gasteiger partial charge < -0.3 is 10.1 Å². The van der Waals surface area contributed by atoms with E-state index in [9.17, 15) is 9.59 Å². The number of hydrogen-bond donors (Lipinski definition) is 1. The molecule has 2 heterocycles. The molecule has 1 aliphatic heterocycles. The number of carbonyl (C=O) groups is 2. The topological polar surface area (TPSA) is 58.6 Å². The molecule has 27 heavy (non-hydrogen) atoms. The molecule has 1 saturated heterocycles. The number of anilines is 2. The summed E-state index contributed by atoms with van der Waals surface area (Å²) in [4.78, 5) is 26.5. The van der Waals surface area contributed by atoms with E-state index in [-0.39, 0.29) is 5.02 Å². The summed E-state index contributed by atoms with van der Waals surface area (Å²) < 4.78 is 5.70. The standard InChI is InChI=1S/C18H11Cl3N2O3S/c19-9-7-10(20)14-13(8-9)27-16(15(14)21)17(24)22-11-3-1-2-4-12(11)23-5-6-26-18(23)25/h1-4,7-8H,5-6H2,(H,22,24). The van der Waals surface area contributed by atoms with Crippen molar-refractivity contribution in [3.8, 4) is 0 Å². The summed E-state index contributed by atoms with van der Waals surface area (Å²) in [5, 5.41) is 4.54. The molecule has 2 aromatic carbocycles. The van der Waals surface area contributed by atoms with Gasteiger partial charge in [-0.3, -0.25) is 9.69 Å². The maximum Gasteiger partial charge on any atom is 0.414 e. The van der Waals surface area contributed by atoms with Crippen LogP contribution in [0, 0.1) is 0 Å². The van der Waals surface area contributed by atoms with Crippen molar-refractivity contribution in [2.75, 3.05) is 23.4 Å². The first-order valence-electron chi connectivity index (χ1n) is 7.87. The Morgan fingerprint density at radius 2 is 1.96 bits per heavy atom. The van der Waals surface area contributed by atoms with Crippen molar-refractivity contribution in [1.29, 1.82) is 0 Å². The molecule has 0 aliphatic carbocycles. The molecule has 138 valence electrons. The summed E-state index contributed by atoms with van der Waals surface area (Å²) in [5.74, 6) is -0.395. The Morgan fingerprint density at radius 1 is 1.19 bits per heavy atom. The fraction of sp³-hybridized carbons (Fsp3) is 0.111. The van der Waals surface area contributed by atoms with Crippen LogP contribution in [0.5, 0.6) is 0 Å². The van der Waals surface area contributed by atoms with Crippen LogP contribution in [0.4, 0.5) is 16.2 Å². The summed E-state index contributed by atoms with van der Waals surface area (Å²) >= 11 is 19.9. The lowest BCUT2D eigenvalue weighted by Gasteiger charge is -2.17. The lowest BCUT2D eigenvalue weighted by Crippen LogP contribution is -2.25. The predicted octanol–water partition coefficient (Wildman–Crippen LogP) is 6.07. The molecule has 1 N–H and O–H groups in total. The molecule has 3 aromatic rings. The molecule has 1 aromatic heterocycles. The van der Waals surface area contributed by atoms with Crippen LogP contribution < -0.4 is 10.2 Å². The van der Waals surface area contributed by atoms with Gasteiger partial charge in [0.2, 0.25) is 0 Å². The molecule has 4 rings (SSSR count). The normalized spacial score (nSPS) is 13.9. The van der Waals surface area contributed by atoms with E-state index in [0.717, 1.165) is 4.70 Å². The molecular formula is C18H11Cl3N2O3S. The quantitative estimate of drug-likeness (QED) is 0.536. The van der Waals surface area contributed by atoms with Gasteiger partial charge in [0.1, 0.15) is 11.5 Å². The Kier molecular flexibility index (Phi) is 4.90. The van der Waals surface area contributed by atoms with Crippen LogP contribution in [0.1, 0.15) is 9.67 Å². The molecule has 0 radical (unpaired) electrons. The van der Waals surface area contributed by atoms with Crippen molar-refractivity contribution in [3.05, 3.63) is 56.3 Å². The highest BCUT2D eigenvalue weighted by Gasteiger charge is 2.27. The molecule has 0 saturated carbocycles. The smallest absolute Gasteiger partial charge is 0.414 e. The van der Waals surface area contributed by atoms with Crippen molar-refractivity contribution in [2.45, 2.75) is 0 Å². The SMILES string of the molecule is O=C(Nc1ccccc1N1CCOC1=O)c1sc2cc(Cl)cc(Cl)c2c1Cl. The Labute approximate surface area is 173 Å². The van der Waals surface area contributed by atoms with Gasteiger partial charge in [-0.15, -0.1) is 11.3 Å². The molecule has 1 aliphatic rings. The molecule has 0 bridgehead atoms. The van der Waals surface area contributed by atoms with Crippen LogP contribution in [0.3, 0.4) is 0 Å². The number of carbonyl (C=O) groups excluding carboxylic acids is 2. The minimum atomic E-state index is -0.446. The van der Waals surface area contributed by atoms with E-state index >= 15 is 0 Å². The average Bonchev–Trinajstić information content (AvgIpc) is 3.19. The second kappa shape index (κ2) is 7.20. The minimum Gasteiger partial charge on any atom is -0.447 e. The number of para-hydroxylation sites is 2. The van der Waals surface area contributed by atoms with Gasteiger partial charge in [-0.1, -0.05) is 46.9 Å². The molecule has 2 amide bonds. The molecule has 9 heteroatoms. The van der Waals surface area contributed by atoms with Crippen LogP contribution >= 0.6 is 46.1 Å². The summed E-state index contributed by atoms with van der Waals surface area (Å²) in [6.07, 6.45) is -0.446. The maximum absolute atomic E-state index is 12.9. The molecule has 1 fully saturated rings. The number of nitrogens with one attached hydrogen (secondary N) is 1. The fourth-order valence-corrected chi connectivity index (χ4v) is 5.14. The van der Waals surface area contributed by atoms with Gasteiger partial charge in [0.15, 0.2) is 0 Å². The third-order valence-electron chi connectivity index (χ3n) is 4.06. The van der Waals surface area contributed by atoms with Crippen molar-refractivity contribution < 1.29 is 14.3 Å². The number of rotatable bonds is 3. The average molecular weight is 442 g/mol. The largest absolute Gasteiger partial charge is 0.447 e. The van der Waals surface area contributed by atoms with Gasteiger partial charge in [-0.05, 0) is 24.3 Å². The van der Waals surface area contributed by atoms with Crippen molar-refractivity contribution in [2.24, 2.45) is 0 Å². The zero-order chi connectivity index (χ0) is 19.1. The number of nitrogens with zero attached hydrogens (tertiary/aromatic N) is 1. The van der Waals surface area contributed by atoms with Crippen molar-refractivity contribution in [3.63, 3.8) is 0 Å². The lowest BCUT2D eigenvalue weighted by atomic mass is 10.2. The van der Waals surface area contributed by atoms with Gasteiger partial charge in [-0.2, -0.15) is 0 Å². The summed E-state index contributed by atoms with van der Waals surface area (Å²) in [7, 11) is 0. The Hall–Kier alpha value is -1.99. The number of hydrogen-bond acceptors (Lipinski definition) is 4. The highest BCUT2D eigenvalue weighted by molar-refractivity contribution is 7.21. The fourth-order valence-electron chi connectivity index (χ4n) is 2.86. The van der Waals surface area contributed by atoms with Crippen LogP contribution in [0.2, 0.25) is 15.1 Å². The van der Waals surface area contributed by atoms with Crippen LogP contribution in [0.25, 0.3) is 10.1 Å². The van der Waals surface area contributed by atoms with Crippen LogP contribution in [-0.4, -0.2) is 25.2 Å². The first-order valence-corrected chi connectivity index (χ1v) is 9.82. The van der Waals surface area contributed by atoms with Crippen molar-refractivity contribution in [1.82, 2.24) is 0 Å². The number of fused-ring (bicyclic) bond motifs is 1. The number of thiophene rings is 1. The number of ether oxygens (including phenoxy) is 1. The Bertz CT molecular complexity index is 1080. The van der Waals surface area contributed by atoms with Gasteiger partial charge in [-0.25, -0.2) is 4.79 Å². The lowest BCUT2D eigenvalue weighted by molar-refractivity contribution is 0.103. The minimum absolute atomic E-state index is 0.271. The summed E-state index contributed by atoms with van der Waals surface area (Å²) in [6, 6.07) is 10.3. The van der Waals surface area contributed by atoms with E-state index in [1.165, 1.54) is 16.2 Å². The molecule has 0 spiro atoms. The van der Waals surface area contributed by atoms with E-state index in [4.69, 9.17) is 39.5 Å². The summed E-state index contributed by atoms with van der Waals surface area (Å²) in [6.45, 7) is 0.728. The van der Waals surface area contributed by atoms with Gasteiger partial charge in [0.05, 0.1) is 28.0 Å². The number of benzene rings is 2. The second-order valence-electron chi connectivity index (χ2n) is 5.74. The van der Waals surface area contributed by atoms with Gasteiger partial charge in [0.25, 0.3) is 5.91 Å². The highest BCUT2D eigenvalue weighted by atomic mass is 35.5. The predicted molar refractivity (Wildman–Crippen MR) is 110 cm³/mol. The second-order valence-corrected chi connectivity index (χ2v) is 8.02. The number of halogens is 3. The van der Waals surface area contributed by atoms with E-state index in [1.807, 2.05) is 0 Å². The number of cyclic esters (lactones) is 1. The maximum atomic E-state index is 12.9. The molecule has 5 nitrogen and oxygen atoms in total. The van der Waals surface area contributed by atoms with Crippen LogP contribution in [0.15, 0.2) is 36.4 Å². The Balaban J connectivity index is 1.70. The zero-order valence-corrected chi connectivity index (χ0v) is 16.7. The van der Waals surface area contributed by atoms with Gasteiger partial charge in [0, 0.05) is 15.1 Å². The van der Waals surface area contributed by atoms with Crippen molar-refractivity contribution >= 4 is 79.6 Å². The van der Waals surface area contributed by atoms with Crippen LogP contribution in [-0.2, 0) is 4.74 Å². The first-order chi connectivity index (χ1) is 13.0. The van der Waals surface area contributed by atoms with E-state index in [0.29, 0.717) is 44.8 Å². The molecule has 0 atom stereocenters. The third-order valence-corrected chi connectivity index (χ3v) is 6.20. The molecule has 0 unspecified atom stereocenters. The Morgan fingerprint density at radius 3 is 2.70 bits per heavy atom. The highest BCUT2D eigenvalue weighted by Crippen LogP contribution is 2.41. The zero-order valence-electron chi connectivity index (χ0n) is 13.6. The summed E-state index contributed by atoms with van der Waals surface area (Å²) in [5.41, 5.74) is 1.05. The van der Waals surface area contributed by atoms with E-state index in [1.54, 1.807) is 36.4 Å². The molecular weight excluding hydrogens is 431 g/mol. The van der Waals surface area contributed by atoms with E-state index in [2.05, 4.69) is 5.32 Å². The number of amides is 2. The van der Waals surface area contributed by atoms with E-state index < -0.39 is 12.0 Å².